The van der Waals surface area contributed by atoms with Crippen molar-refractivity contribution in [3.8, 4) is 5.69 Å². The van der Waals surface area contributed by atoms with E-state index < -0.39 is 11.6 Å². The largest absolute Gasteiger partial charge is 0.369 e. The van der Waals surface area contributed by atoms with Crippen LogP contribution in [0.2, 0.25) is 0 Å². The number of nitrogens with one attached hydrogen (secondary N) is 1. The molecule has 6 nitrogen and oxygen atoms in total. The van der Waals surface area contributed by atoms with Gasteiger partial charge in [0, 0.05) is 45.0 Å². The van der Waals surface area contributed by atoms with Gasteiger partial charge in [0.15, 0.2) is 0 Å². The van der Waals surface area contributed by atoms with E-state index in [1.165, 1.54) is 23.1 Å². The molecule has 0 spiro atoms. The lowest BCUT2D eigenvalue weighted by atomic mass is 10.1. The van der Waals surface area contributed by atoms with Crippen molar-refractivity contribution in [2.45, 2.75) is 6.92 Å². The van der Waals surface area contributed by atoms with Gasteiger partial charge in [0.05, 0.1) is 5.69 Å². The lowest BCUT2D eigenvalue weighted by molar-refractivity contribution is 0.313. The first-order valence-electron chi connectivity index (χ1n) is 9.17. The van der Waals surface area contributed by atoms with Crippen molar-refractivity contribution in [1.82, 2.24) is 19.7 Å². The quantitative estimate of drug-likeness (QED) is 0.743. The number of anilines is 3. The average Bonchev–Trinajstić information content (AvgIpc) is 3.09. The Balaban J connectivity index is 0.00000240. The third-order valence-corrected chi connectivity index (χ3v) is 4.79. The highest BCUT2D eigenvalue weighted by atomic mass is 19.1. The van der Waals surface area contributed by atoms with Gasteiger partial charge in [-0.05, 0) is 49.9 Å². The van der Waals surface area contributed by atoms with E-state index in [4.69, 9.17) is 0 Å². The molecule has 8 heteroatoms. The lowest BCUT2D eigenvalue weighted by Crippen LogP contribution is -2.44. The van der Waals surface area contributed by atoms with Crippen LogP contribution < -0.4 is 10.2 Å². The number of piperazine rings is 1. The summed E-state index contributed by atoms with van der Waals surface area (Å²) in [4.78, 5) is 8.88. The summed E-state index contributed by atoms with van der Waals surface area (Å²) in [6, 6.07) is 9.49. The number of nitrogens with zero attached hydrogens (tertiary/aromatic N) is 5. The van der Waals surface area contributed by atoms with E-state index in [1.54, 1.807) is 0 Å². The summed E-state index contributed by atoms with van der Waals surface area (Å²) in [6.45, 7) is 6.08. The summed E-state index contributed by atoms with van der Waals surface area (Å²) in [5.41, 5.74) is 3.44. The molecule has 0 amide bonds. The summed E-state index contributed by atoms with van der Waals surface area (Å²) in [6.07, 6.45) is 1.42. The van der Waals surface area contributed by atoms with Gasteiger partial charge < -0.3 is 15.1 Å². The molecule has 2 aromatic carbocycles. The molecule has 1 N–H and O–H groups in total. The second kappa shape index (κ2) is 7.55. The molecule has 148 valence electrons. The standard InChI is InChI=1S/C20H22F2N6.H2/c1-14-7-17(12-18(8-14)27-5-3-26(2)4-6-27)24-20-23-13-28(25-20)19-10-15(21)9-16(22)11-19;/h7-13H,3-6H2,1-2H3,(H,24,25);1H. The van der Waals surface area contributed by atoms with Gasteiger partial charge in [-0.2, -0.15) is 4.98 Å². The Bertz CT molecular complexity index is 965. The monoisotopic (exact) mass is 386 g/mol. The summed E-state index contributed by atoms with van der Waals surface area (Å²) >= 11 is 0. The summed E-state index contributed by atoms with van der Waals surface area (Å²) in [7, 11) is 2.13. The predicted octanol–water partition coefficient (Wildman–Crippen LogP) is 3.60. The Morgan fingerprint density at radius 2 is 1.64 bits per heavy atom. The first kappa shape index (κ1) is 18.4. The Morgan fingerprint density at radius 3 is 2.36 bits per heavy atom. The molecular weight excluding hydrogens is 362 g/mol. The molecule has 1 aliphatic rings. The molecule has 0 radical (unpaired) electrons. The molecule has 3 aromatic rings. The van der Waals surface area contributed by atoms with Crippen LogP contribution in [0.25, 0.3) is 5.69 Å². The van der Waals surface area contributed by atoms with Crippen LogP contribution in [0, 0.1) is 18.6 Å². The zero-order valence-corrected chi connectivity index (χ0v) is 15.9. The lowest BCUT2D eigenvalue weighted by Gasteiger charge is -2.34. The van der Waals surface area contributed by atoms with Crippen molar-refractivity contribution in [3.63, 3.8) is 0 Å². The maximum atomic E-state index is 13.4. The smallest absolute Gasteiger partial charge is 0.246 e. The molecule has 0 bridgehead atoms. The number of hydrogen-bond donors (Lipinski definition) is 1. The van der Waals surface area contributed by atoms with Crippen LogP contribution in [-0.4, -0.2) is 52.9 Å². The van der Waals surface area contributed by atoms with E-state index in [0.717, 1.165) is 49.2 Å². The zero-order chi connectivity index (χ0) is 19.7. The average molecular weight is 386 g/mol. The minimum Gasteiger partial charge on any atom is -0.369 e. The fourth-order valence-electron chi connectivity index (χ4n) is 3.33. The van der Waals surface area contributed by atoms with Gasteiger partial charge in [0.1, 0.15) is 18.0 Å². The fraction of sp³-hybridized carbons (Fsp3) is 0.300. The van der Waals surface area contributed by atoms with Crippen LogP contribution >= 0.6 is 0 Å². The van der Waals surface area contributed by atoms with Crippen LogP contribution in [-0.2, 0) is 0 Å². The molecule has 4 rings (SSSR count). The second-order valence-corrected chi connectivity index (χ2v) is 7.11. The van der Waals surface area contributed by atoms with Gasteiger partial charge >= 0.3 is 0 Å². The van der Waals surface area contributed by atoms with Gasteiger partial charge in [-0.25, -0.2) is 13.5 Å². The molecule has 0 aliphatic carbocycles. The predicted molar refractivity (Wildman–Crippen MR) is 108 cm³/mol. The zero-order valence-electron chi connectivity index (χ0n) is 15.9. The van der Waals surface area contributed by atoms with Crippen molar-refractivity contribution in [1.29, 1.82) is 0 Å². The molecule has 0 atom stereocenters. The van der Waals surface area contributed by atoms with Gasteiger partial charge in [-0.3, -0.25) is 0 Å². The van der Waals surface area contributed by atoms with Gasteiger partial charge in [0.25, 0.3) is 0 Å². The Hall–Kier alpha value is -3.00. The number of rotatable bonds is 4. The number of hydrogen-bond acceptors (Lipinski definition) is 5. The number of aryl methyl sites for hydroxylation is 1. The molecule has 1 aromatic heterocycles. The van der Waals surface area contributed by atoms with Crippen LogP contribution in [0.5, 0.6) is 0 Å². The molecule has 1 saturated heterocycles. The number of halogens is 2. The molecular formula is C20H24F2N6. The summed E-state index contributed by atoms with van der Waals surface area (Å²) in [5, 5.41) is 7.47. The second-order valence-electron chi connectivity index (χ2n) is 7.11. The minimum atomic E-state index is -0.657. The molecule has 0 unspecified atom stereocenters. The van der Waals surface area contributed by atoms with Crippen molar-refractivity contribution in [2.24, 2.45) is 0 Å². The summed E-state index contributed by atoms with van der Waals surface area (Å²) < 4.78 is 28.2. The SMILES string of the molecule is Cc1cc(Nc2ncn(-c3cc(F)cc(F)c3)n2)cc(N2CCN(C)CC2)c1.[HH]. The van der Waals surface area contributed by atoms with E-state index in [-0.39, 0.29) is 7.11 Å². The van der Waals surface area contributed by atoms with Crippen molar-refractivity contribution < 1.29 is 10.2 Å². The van der Waals surface area contributed by atoms with E-state index in [9.17, 15) is 8.78 Å². The van der Waals surface area contributed by atoms with Crippen LogP contribution in [0.3, 0.4) is 0 Å². The first-order chi connectivity index (χ1) is 13.5. The topological polar surface area (TPSA) is 49.2 Å². The third-order valence-electron chi connectivity index (χ3n) is 4.79. The third kappa shape index (κ3) is 4.12. The van der Waals surface area contributed by atoms with Gasteiger partial charge in [-0.1, -0.05) is 0 Å². The molecule has 1 aliphatic heterocycles. The van der Waals surface area contributed by atoms with Crippen molar-refractivity contribution >= 4 is 17.3 Å². The Labute approximate surface area is 163 Å². The Morgan fingerprint density at radius 1 is 0.929 bits per heavy atom. The molecule has 1 fully saturated rings. The van der Waals surface area contributed by atoms with E-state index >= 15 is 0 Å². The van der Waals surface area contributed by atoms with E-state index in [2.05, 4.69) is 44.4 Å². The highest BCUT2D eigenvalue weighted by Crippen LogP contribution is 2.25. The van der Waals surface area contributed by atoms with Crippen LogP contribution in [0.15, 0.2) is 42.7 Å². The highest BCUT2D eigenvalue weighted by molar-refractivity contribution is 5.64. The molecule has 2 heterocycles. The molecule has 28 heavy (non-hydrogen) atoms. The number of likely N-dealkylation sites (N-methyl/N-ethyl adjacent to an activating group) is 1. The Kier molecular flexibility index (Phi) is 4.95. The van der Waals surface area contributed by atoms with E-state index in [1.807, 2.05) is 13.0 Å². The van der Waals surface area contributed by atoms with Gasteiger partial charge in [0.2, 0.25) is 5.95 Å². The summed E-state index contributed by atoms with van der Waals surface area (Å²) in [5.74, 6) is -0.953. The van der Waals surface area contributed by atoms with Crippen LogP contribution in [0.1, 0.15) is 6.99 Å². The maximum absolute atomic E-state index is 13.4. The minimum absolute atomic E-state index is 0. The van der Waals surface area contributed by atoms with Crippen molar-refractivity contribution in [2.75, 3.05) is 43.4 Å². The van der Waals surface area contributed by atoms with Crippen molar-refractivity contribution in [3.05, 3.63) is 59.9 Å². The highest BCUT2D eigenvalue weighted by Gasteiger charge is 2.15. The molecule has 0 saturated carbocycles. The maximum Gasteiger partial charge on any atom is 0.246 e. The number of aromatic nitrogens is 3. The van der Waals surface area contributed by atoms with Gasteiger partial charge in [-0.15, -0.1) is 5.10 Å². The van der Waals surface area contributed by atoms with Crippen LogP contribution in [0.4, 0.5) is 26.1 Å². The first-order valence-corrected chi connectivity index (χ1v) is 9.17. The van der Waals surface area contributed by atoms with E-state index in [0.29, 0.717) is 5.95 Å². The fourth-order valence-corrected chi connectivity index (χ4v) is 3.33. The number of benzene rings is 2. The normalized spacial score (nSPS) is 15.1.